The van der Waals surface area contributed by atoms with Crippen molar-refractivity contribution in [3.8, 4) is 0 Å². The number of amides is 1. The average molecular weight is 482 g/mol. The first-order valence-corrected chi connectivity index (χ1v) is 12.2. The fourth-order valence-electron chi connectivity index (χ4n) is 4.02. The first-order chi connectivity index (χ1) is 16.1. The van der Waals surface area contributed by atoms with Gasteiger partial charge in [-0.25, -0.2) is 4.98 Å². The van der Waals surface area contributed by atoms with Crippen molar-refractivity contribution in [1.29, 1.82) is 0 Å². The summed E-state index contributed by atoms with van der Waals surface area (Å²) in [7, 11) is 0. The predicted octanol–water partition coefficient (Wildman–Crippen LogP) is 4.57. The highest BCUT2D eigenvalue weighted by molar-refractivity contribution is 7.23. The molecule has 0 spiro atoms. The van der Waals surface area contributed by atoms with Gasteiger partial charge in [0.2, 0.25) is 0 Å². The molecular formula is C24H24ClN5O2S. The van der Waals surface area contributed by atoms with Crippen LogP contribution in [0.15, 0.2) is 42.7 Å². The molecule has 0 atom stereocenters. The van der Waals surface area contributed by atoms with Crippen molar-refractivity contribution in [3.63, 3.8) is 0 Å². The number of hydrogen-bond donors (Lipinski definition) is 0. The Balaban J connectivity index is 1.46. The normalized spacial score (nSPS) is 14.7. The maximum atomic E-state index is 13.7. The third-order valence-corrected chi connectivity index (χ3v) is 7.38. The molecule has 0 unspecified atom stereocenters. The lowest BCUT2D eigenvalue weighted by molar-refractivity contribution is 0.0376. The molecule has 1 saturated heterocycles. The Kier molecular flexibility index (Phi) is 6.50. The lowest BCUT2D eigenvalue weighted by Crippen LogP contribution is -2.39. The minimum absolute atomic E-state index is 0.0997. The monoisotopic (exact) mass is 481 g/mol. The highest BCUT2D eigenvalue weighted by Crippen LogP contribution is 2.36. The van der Waals surface area contributed by atoms with Crippen LogP contribution in [0.3, 0.4) is 0 Å². The van der Waals surface area contributed by atoms with Crippen molar-refractivity contribution in [2.24, 2.45) is 0 Å². The van der Waals surface area contributed by atoms with Gasteiger partial charge in [-0.15, -0.1) is 0 Å². The molecule has 2 aromatic heterocycles. The van der Waals surface area contributed by atoms with Gasteiger partial charge in [0.25, 0.3) is 5.91 Å². The SMILES string of the molecule is Cc1ccc(Cl)c2sc(N(CCCN3CCOCC3)C(=O)c3ccc4nccnc4c3)nc12. The number of benzene rings is 2. The minimum Gasteiger partial charge on any atom is -0.379 e. The molecule has 1 aliphatic rings. The Morgan fingerprint density at radius 1 is 1.15 bits per heavy atom. The van der Waals surface area contributed by atoms with E-state index in [2.05, 4.69) is 14.9 Å². The van der Waals surface area contributed by atoms with E-state index < -0.39 is 0 Å². The molecule has 1 amide bonds. The second kappa shape index (κ2) is 9.69. The Hall–Kier alpha value is -2.65. The van der Waals surface area contributed by atoms with Gasteiger partial charge in [0.15, 0.2) is 5.13 Å². The number of rotatable bonds is 6. The fourth-order valence-corrected chi connectivity index (χ4v) is 5.36. The van der Waals surface area contributed by atoms with Gasteiger partial charge in [-0.3, -0.25) is 24.6 Å². The number of thiazole rings is 1. The molecule has 0 aliphatic carbocycles. The summed E-state index contributed by atoms with van der Waals surface area (Å²) in [4.78, 5) is 31.3. The van der Waals surface area contributed by atoms with Crippen LogP contribution in [0, 0.1) is 6.92 Å². The first kappa shape index (κ1) is 22.2. The molecular weight excluding hydrogens is 458 g/mol. The number of aromatic nitrogens is 3. The summed E-state index contributed by atoms with van der Waals surface area (Å²) < 4.78 is 6.35. The second-order valence-corrected chi connectivity index (χ2v) is 9.45. The van der Waals surface area contributed by atoms with Gasteiger partial charge in [0, 0.05) is 44.1 Å². The van der Waals surface area contributed by atoms with E-state index in [1.54, 1.807) is 29.4 Å². The summed E-state index contributed by atoms with van der Waals surface area (Å²) in [5.41, 5.74) is 3.91. The van der Waals surface area contributed by atoms with Crippen molar-refractivity contribution in [1.82, 2.24) is 19.9 Å². The molecule has 2 aromatic carbocycles. The van der Waals surface area contributed by atoms with Gasteiger partial charge < -0.3 is 4.74 Å². The number of halogens is 1. The van der Waals surface area contributed by atoms with Crippen molar-refractivity contribution in [3.05, 3.63) is 58.9 Å². The topological polar surface area (TPSA) is 71.5 Å². The highest BCUT2D eigenvalue weighted by atomic mass is 35.5. The zero-order valence-corrected chi connectivity index (χ0v) is 19.9. The maximum Gasteiger partial charge on any atom is 0.260 e. The zero-order valence-electron chi connectivity index (χ0n) is 18.3. The number of carbonyl (C=O) groups is 1. The standard InChI is InChI=1S/C24H24ClN5O2S/c1-16-3-5-18(25)22-21(16)28-24(33-22)30(10-2-9-29-11-13-32-14-12-29)23(31)17-4-6-19-20(15-17)27-8-7-26-19/h3-8,15H,2,9-14H2,1H3. The van der Waals surface area contributed by atoms with E-state index in [1.807, 2.05) is 25.1 Å². The van der Waals surface area contributed by atoms with Gasteiger partial charge in [-0.1, -0.05) is 29.0 Å². The summed E-state index contributed by atoms with van der Waals surface area (Å²) in [6, 6.07) is 9.28. The molecule has 4 aromatic rings. The Morgan fingerprint density at radius 3 is 2.73 bits per heavy atom. The lowest BCUT2D eigenvalue weighted by atomic mass is 10.1. The molecule has 0 saturated carbocycles. The Bertz CT molecular complexity index is 1270. The van der Waals surface area contributed by atoms with Crippen molar-refractivity contribution < 1.29 is 9.53 Å². The summed E-state index contributed by atoms with van der Waals surface area (Å²) >= 11 is 7.91. The average Bonchev–Trinajstić information content (AvgIpc) is 3.31. The molecule has 5 rings (SSSR count). The molecule has 9 heteroatoms. The molecule has 33 heavy (non-hydrogen) atoms. The number of ether oxygens (including phenoxy) is 1. The van der Waals surface area contributed by atoms with Gasteiger partial charge >= 0.3 is 0 Å². The Labute approximate surface area is 201 Å². The fraction of sp³-hybridized carbons (Fsp3) is 0.333. The zero-order chi connectivity index (χ0) is 22.8. The molecule has 0 N–H and O–H groups in total. The summed E-state index contributed by atoms with van der Waals surface area (Å²) in [6.07, 6.45) is 4.12. The van der Waals surface area contributed by atoms with Crippen LogP contribution in [0.4, 0.5) is 5.13 Å². The number of carbonyl (C=O) groups excluding carboxylic acids is 1. The van der Waals surface area contributed by atoms with Crippen LogP contribution in [0.1, 0.15) is 22.3 Å². The van der Waals surface area contributed by atoms with Gasteiger partial charge in [0.1, 0.15) is 0 Å². The summed E-state index contributed by atoms with van der Waals surface area (Å²) in [5.74, 6) is -0.0997. The summed E-state index contributed by atoms with van der Waals surface area (Å²) in [6.45, 7) is 6.84. The van der Waals surface area contributed by atoms with Crippen molar-refractivity contribution in [2.45, 2.75) is 13.3 Å². The lowest BCUT2D eigenvalue weighted by Gasteiger charge is -2.27. The Morgan fingerprint density at radius 2 is 1.94 bits per heavy atom. The molecule has 0 bridgehead atoms. The predicted molar refractivity (Wildman–Crippen MR) is 132 cm³/mol. The quantitative estimate of drug-likeness (QED) is 0.401. The summed E-state index contributed by atoms with van der Waals surface area (Å²) in [5, 5.41) is 1.31. The minimum atomic E-state index is -0.0997. The van der Waals surface area contributed by atoms with Crippen LogP contribution in [-0.2, 0) is 4.74 Å². The maximum absolute atomic E-state index is 13.7. The van der Waals surface area contributed by atoms with E-state index in [1.165, 1.54) is 11.3 Å². The third kappa shape index (κ3) is 4.70. The van der Waals surface area contributed by atoms with E-state index in [-0.39, 0.29) is 5.91 Å². The largest absolute Gasteiger partial charge is 0.379 e. The number of anilines is 1. The second-order valence-electron chi connectivity index (χ2n) is 8.06. The molecule has 170 valence electrons. The van der Waals surface area contributed by atoms with Crippen LogP contribution in [0.25, 0.3) is 21.3 Å². The van der Waals surface area contributed by atoms with Gasteiger partial charge in [-0.05, 0) is 43.2 Å². The van der Waals surface area contributed by atoms with Crippen molar-refractivity contribution >= 4 is 55.2 Å². The van der Waals surface area contributed by atoms with E-state index in [0.29, 0.717) is 27.8 Å². The first-order valence-electron chi connectivity index (χ1n) is 11.0. The molecule has 3 heterocycles. The van der Waals surface area contributed by atoms with Crippen LogP contribution in [0.2, 0.25) is 5.02 Å². The van der Waals surface area contributed by atoms with Crippen molar-refractivity contribution in [2.75, 3.05) is 44.3 Å². The molecule has 1 fully saturated rings. The molecule has 7 nitrogen and oxygen atoms in total. The van der Waals surface area contributed by atoms with Gasteiger partial charge in [0.05, 0.1) is 39.5 Å². The number of aryl methyl sites for hydroxylation is 1. The van der Waals surface area contributed by atoms with E-state index in [9.17, 15) is 4.79 Å². The number of hydrogen-bond acceptors (Lipinski definition) is 7. The van der Waals surface area contributed by atoms with Crippen LogP contribution < -0.4 is 4.90 Å². The number of fused-ring (bicyclic) bond motifs is 2. The van der Waals surface area contributed by atoms with Gasteiger partial charge in [-0.2, -0.15) is 0 Å². The number of morpholine rings is 1. The smallest absolute Gasteiger partial charge is 0.260 e. The number of nitrogens with zero attached hydrogens (tertiary/aromatic N) is 5. The molecule has 0 radical (unpaired) electrons. The third-order valence-electron chi connectivity index (χ3n) is 5.84. The van der Waals surface area contributed by atoms with Crippen LogP contribution >= 0.6 is 22.9 Å². The van der Waals surface area contributed by atoms with E-state index in [0.717, 1.165) is 60.6 Å². The van der Waals surface area contributed by atoms with E-state index >= 15 is 0 Å². The van der Waals surface area contributed by atoms with Crippen LogP contribution in [0.5, 0.6) is 0 Å². The highest BCUT2D eigenvalue weighted by Gasteiger charge is 2.23. The van der Waals surface area contributed by atoms with E-state index in [4.69, 9.17) is 21.3 Å². The van der Waals surface area contributed by atoms with Crippen LogP contribution in [-0.4, -0.2) is 65.2 Å². The molecule has 1 aliphatic heterocycles.